The number of phenolic OH excluding ortho intramolecular Hbond substituents is 1. The van der Waals surface area contributed by atoms with Gasteiger partial charge in [0.1, 0.15) is 18.4 Å². The van der Waals surface area contributed by atoms with E-state index in [2.05, 4.69) is 10.6 Å². The molecule has 8 nitrogen and oxygen atoms in total. The molecule has 3 aromatic carbocycles. The number of carboxylic acid groups (broad SMARTS) is 1. The normalized spacial score (nSPS) is 12.9. The summed E-state index contributed by atoms with van der Waals surface area (Å²) in [7, 11) is 0. The van der Waals surface area contributed by atoms with Gasteiger partial charge in [-0.3, -0.25) is 9.59 Å². The lowest BCUT2D eigenvalue weighted by molar-refractivity contribution is -0.139. The Hall–Kier alpha value is -4.33. The van der Waals surface area contributed by atoms with Gasteiger partial charge < -0.3 is 25.6 Å². The van der Waals surface area contributed by atoms with Crippen LogP contribution in [0.3, 0.4) is 0 Å². The molecule has 0 aliphatic heterocycles. The summed E-state index contributed by atoms with van der Waals surface area (Å²) in [4.78, 5) is 36.5. The highest BCUT2D eigenvalue weighted by Gasteiger charge is 2.30. The summed E-state index contributed by atoms with van der Waals surface area (Å²) in [6.45, 7) is 1.80. The van der Waals surface area contributed by atoms with E-state index in [-0.39, 0.29) is 24.0 Å². The van der Waals surface area contributed by atoms with Crippen LogP contribution in [0.15, 0.2) is 66.7 Å². The molecule has 0 heterocycles. The molecular weight excluding hydrogens is 436 g/mol. The zero-order valence-corrected chi connectivity index (χ0v) is 18.4. The zero-order chi connectivity index (χ0) is 24.2. The van der Waals surface area contributed by atoms with E-state index in [0.717, 1.165) is 27.8 Å². The molecule has 0 radical (unpaired) electrons. The van der Waals surface area contributed by atoms with Crippen molar-refractivity contribution in [2.75, 3.05) is 11.9 Å². The molecule has 4 N–H and O–H groups in total. The molecule has 0 fully saturated rings. The molecule has 34 heavy (non-hydrogen) atoms. The molecule has 1 aliphatic rings. The molecule has 1 aliphatic carbocycles. The maximum absolute atomic E-state index is 12.7. The van der Waals surface area contributed by atoms with E-state index in [9.17, 15) is 24.6 Å². The van der Waals surface area contributed by atoms with Crippen molar-refractivity contribution in [1.82, 2.24) is 5.32 Å². The van der Waals surface area contributed by atoms with Gasteiger partial charge in [0, 0.05) is 5.92 Å². The number of fused-ring (bicyclic) bond motifs is 3. The molecule has 1 atom stereocenters. The van der Waals surface area contributed by atoms with Gasteiger partial charge in [-0.25, -0.2) is 4.79 Å². The van der Waals surface area contributed by atoms with Crippen LogP contribution in [-0.2, 0) is 14.3 Å². The fourth-order valence-corrected chi connectivity index (χ4v) is 4.14. The molecule has 0 saturated heterocycles. The number of aliphatic carboxylic acids is 1. The van der Waals surface area contributed by atoms with Gasteiger partial charge in [-0.2, -0.15) is 0 Å². The zero-order valence-electron chi connectivity index (χ0n) is 18.4. The van der Waals surface area contributed by atoms with E-state index in [0.29, 0.717) is 0 Å². The number of rotatable bonds is 7. The summed E-state index contributed by atoms with van der Waals surface area (Å²) < 4.78 is 5.42. The van der Waals surface area contributed by atoms with Crippen LogP contribution in [0, 0.1) is 6.92 Å². The average molecular weight is 460 g/mol. The van der Waals surface area contributed by atoms with Crippen LogP contribution in [0.5, 0.6) is 5.75 Å². The maximum Gasteiger partial charge on any atom is 0.407 e. The number of carbonyl (C=O) groups excluding carboxylic acids is 2. The van der Waals surface area contributed by atoms with Gasteiger partial charge in [0.25, 0.3) is 0 Å². The highest BCUT2D eigenvalue weighted by molar-refractivity contribution is 5.99. The third-order valence-electron chi connectivity index (χ3n) is 5.74. The lowest BCUT2D eigenvalue weighted by Crippen LogP contribution is -2.45. The molecule has 3 aromatic rings. The fraction of sp³-hybridized carbons (Fsp3) is 0.192. The maximum atomic E-state index is 12.7. The number of amides is 2. The van der Waals surface area contributed by atoms with Gasteiger partial charge >= 0.3 is 12.1 Å². The SMILES string of the molecule is Cc1ccc(O)c(NC(=O)C(CC(=O)O)NC(=O)OCC2c3ccccc3-c3ccccc32)c1. The van der Waals surface area contributed by atoms with Crippen molar-refractivity contribution in [2.24, 2.45) is 0 Å². The van der Waals surface area contributed by atoms with Crippen molar-refractivity contribution in [3.63, 3.8) is 0 Å². The topological polar surface area (TPSA) is 125 Å². The number of hydrogen-bond donors (Lipinski definition) is 4. The third-order valence-corrected chi connectivity index (χ3v) is 5.74. The van der Waals surface area contributed by atoms with E-state index in [1.807, 2.05) is 48.5 Å². The van der Waals surface area contributed by atoms with E-state index >= 15 is 0 Å². The Kier molecular flexibility index (Phi) is 6.49. The molecule has 0 saturated carbocycles. The van der Waals surface area contributed by atoms with E-state index in [1.54, 1.807) is 19.1 Å². The smallest absolute Gasteiger partial charge is 0.407 e. The average Bonchev–Trinajstić information content (AvgIpc) is 3.13. The summed E-state index contributed by atoms with van der Waals surface area (Å²) >= 11 is 0. The second-order valence-corrected chi connectivity index (χ2v) is 8.13. The first-order valence-electron chi connectivity index (χ1n) is 10.8. The Morgan fingerprint density at radius 2 is 1.59 bits per heavy atom. The van der Waals surface area contributed by atoms with Gasteiger partial charge in [0.15, 0.2) is 0 Å². The van der Waals surface area contributed by atoms with Crippen molar-refractivity contribution in [3.05, 3.63) is 83.4 Å². The number of aromatic hydroxyl groups is 1. The van der Waals surface area contributed by atoms with Crippen molar-refractivity contribution < 1.29 is 29.3 Å². The lowest BCUT2D eigenvalue weighted by Gasteiger charge is -2.19. The summed E-state index contributed by atoms with van der Waals surface area (Å²) in [5.41, 5.74) is 5.13. The Morgan fingerprint density at radius 3 is 2.21 bits per heavy atom. The van der Waals surface area contributed by atoms with Gasteiger partial charge in [-0.15, -0.1) is 0 Å². The van der Waals surface area contributed by atoms with Gasteiger partial charge in [-0.05, 0) is 46.9 Å². The second kappa shape index (κ2) is 9.66. The monoisotopic (exact) mass is 460 g/mol. The Bertz CT molecular complexity index is 1210. The van der Waals surface area contributed by atoms with Crippen LogP contribution in [0.1, 0.15) is 29.0 Å². The van der Waals surface area contributed by atoms with Gasteiger partial charge in [0.2, 0.25) is 5.91 Å². The van der Waals surface area contributed by atoms with Gasteiger partial charge in [-0.1, -0.05) is 54.6 Å². The molecule has 4 rings (SSSR count). The Morgan fingerprint density at radius 1 is 0.971 bits per heavy atom. The van der Waals surface area contributed by atoms with E-state index in [1.165, 1.54) is 6.07 Å². The number of aryl methyl sites for hydroxylation is 1. The first kappa shape index (κ1) is 22.8. The summed E-state index contributed by atoms with van der Waals surface area (Å²) in [5, 5.41) is 24.0. The minimum atomic E-state index is -1.40. The number of carboxylic acids is 1. The van der Waals surface area contributed by atoms with Crippen LogP contribution in [0.25, 0.3) is 11.1 Å². The molecule has 0 aromatic heterocycles. The minimum Gasteiger partial charge on any atom is -0.506 e. The van der Waals surface area contributed by atoms with Crippen molar-refractivity contribution >= 4 is 23.7 Å². The number of phenols is 1. The first-order valence-corrected chi connectivity index (χ1v) is 10.8. The van der Waals surface area contributed by atoms with Gasteiger partial charge in [0.05, 0.1) is 12.1 Å². The Balaban J connectivity index is 1.44. The second-order valence-electron chi connectivity index (χ2n) is 8.13. The Labute approximate surface area is 196 Å². The molecule has 0 spiro atoms. The predicted molar refractivity (Wildman–Crippen MR) is 126 cm³/mol. The van der Waals surface area contributed by atoms with Crippen LogP contribution < -0.4 is 10.6 Å². The fourth-order valence-electron chi connectivity index (χ4n) is 4.14. The largest absolute Gasteiger partial charge is 0.506 e. The number of anilines is 1. The molecule has 1 unspecified atom stereocenters. The highest BCUT2D eigenvalue weighted by Crippen LogP contribution is 2.44. The van der Waals surface area contributed by atoms with Crippen molar-refractivity contribution in [2.45, 2.75) is 25.3 Å². The lowest BCUT2D eigenvalue weighted by atomic mass is 9.98. The number of hydrogen-bond acceptors (Lipinski definition) is 5. The number of nitrogens with one attached hydrogen (secondary N) is 2. The number of alkyl carbamates (subject to hydrolysis) is 1. The number of carbonyl (C=O) groups is 3. The number of ether oxygens (including phenoxy) is 1. The molecule has 2 amide bonds. The highest BCUT2D eigenvalue weighted by atomic mass is 16.5. The molecule has 8 heteroatoms. The molecule has 174 valence electrons. The van der Waals surface area contributed by atoms with E-state index in [4.69, 9.17) is 4.74 Å². The van der Waals surface area contributed by atoms with Crippen LogP contribution in [0.4, 0.5) is 10.5 Å². The predicted octanol–water partition coefficient (Wildman–Crippen LogP) is 4.02. The van der Waals surface area contributed by atoms with Crippen LogP contribution in [-0.4, -0.2) is 40.8 Å². The minimum absolute atomic E-state index is 0.0277. The summed E-state index contributed by atoms with van der Waals surface area (Å²) in [6.07, 6.45) is -1.56. The van der Waals surface area contributed by atoms with Crippen LogP contribution in [0.2, 0.25) is 0 Å². The molecule has 0 bridgehead atoms. The quantitative estimate of drug-likeness (QED) is 0.395. The summed E-state index contributed by atoms with van der Waals surface area (Å²) in [6, 6.07) is 19.0. The first-order chi connectivity index (χ1) is 16.3. The van der Waals surface area contributed by atoms with E-state index < -0.39 is 30.4 Å². The van der Waals surface area contributed by atoms with Crippen molar-refractivity contribution in [3.8, 4) is 16.9 Å². The van der Waals surface area contributed by atoms with Crippen LogP contribution >= 0.6 is 0 Å². The standard InChI is InChI=1S/C26H24N2O6/c1-15-10-11-23(29)21(12-15)27-25(32)22(13-24(30)31)28-26(33)34-14-20-18-8-4-2-6-16(18)17-7-3-5-9-19(17)20/h2-12,20,22,29H,13-14H2,1H3,(H,27,32)(H,28,33)(H,30,31). The summed E-state index contributed by atoms with van der Waals surface area (Å²) in [5.74, 6) is -2.40. The number of benzene rings is 3. The molecular formula is C26H24N2O6. The third kappa shape index (κ3) is 4.85. The van der Waals surface area contributed by atoms with Crippen molar-refractivity contribution in [1.29, 1.82) is 0 Å².